The smallest absolute Gasteiger partial charge is 0.165 e. The summed E-state index contributed by atoms with van der Waals surface area (Å²) in [4.78, 5) is 0. The highest BCUT2D eigenvalue weighted by molar-refractivity contribution is 5.52. The largest absolute Gasteiger partial charge is 0.493 e. The Balaban J connectivity index is 1.95. The second-order valence-electron chi connectivity index (χ2n) is 4.49. The summed E-state index contributed by atoms with van der Waals surface area (Å²) in [5.41, 5.74) is 2.80. The first kappa shape index (κ1) is 9.97. The highest BCUT2D eigenvalue weighted by atomic mass is 16.5. The molecular formula is C13H17NO2. The fraction of sp³-hybridized carbons (Fsp3) is 0.538. The normalized spacial score (nSPS) is 19.1. The van der Waals surface area contributed by atoms with Gasteiger partial charge in [-0.3, -0.25) is 0 Å². The summed E-state index contributed by atoms with van der Waals surface area (Å²) in [7, 11) is 1.71. The summed E-state index contributed by atoms with van der Waals surface area (Å²) >= 11 is 0. The van der Waals surface area contributed by atoms with E-state index in [0.717, 1.165) is 31.0 Å². The topological polar surface area (TPSA) is 30.5 Å². The maximum Gasteiger partial charge on any atom is 0.165 e. The Labute approximate surface area is 95.8 Å². The predicted octanol–water partition coefficient (Wildman–Crippen LogP) is 1.53. The molecule has 1 aliphatic carbocycles. The molecule has 0 atom stereocenters. The summed E-state index contributed by atoms with van der Waals surface area (Å²) in [6.45, 7) is 1.90. The molecule has 1 N–H and O–H groups in total. The van der Waals surface area contributed by atoms with E-state index >= 15 is 0 Å². The number of nitrogens with one attached hydrogen (secondary N) is 1. The van der Waals surface area contributed by atoms with Crippen molar-refractivity contribution in [2.45, 2.75) is 25.4 Å². The van der Waals surface area contributed by atoms with Gasteiger partial charge >= 0.3 is 0 Å². The van der Waals surface area contributed by atoms with Crippen molar-refractivity contribution in [3.63, 3.8) is 0 Å². The van der Waals surface area contributed by atoms with Crippen LogP contribution in [0, 0.1) is 0 Å². The molecule has 0 saturated carbocycles. The molecule has 1 saturated heterocycles. The SMILES string of the molecule is COc1ccc2c(c1OC1CNC1)CCC2. The van der Waals surface area contributed by atoms with Crippen LogP contribution in [0.4, 0.5) is 0 Å². The number of hydrogen-bond acceptors (Lipinski definition) is 3. The van der Waals surface area contributed by atoms with Crippen molar-refractivity contribution in [1.29, 1.82) is 0 Å². The van der Waals surface area contributed by atoms with Crippen molar-refractivity contribution in [3.8, 4) is 11.5 Å². The molecular weight excluding hydrogens is 202 g/mol. The van der Waals surface area contributed by atoms with E-state index < -0.39 is 0 Å². The molecule has 3 rings (SSSR count). The predicted molar refractivity (Wildman–Crippen MR) is 62.3 cm³/mol. The van der Waals surface area contributed by atoms with Crippen LogP contribution in [0.3, 0.4) is 0 Å². The zero-order chi connectivity index (χ0) is 11.0. The second kappa shape index (κ2) is 3.98. The molecule has 86 valence electrons. The molecule has 0 radical (unpaired) electrons. The monoisotopic (exact) mass is 219 g/mol. The van der Waals surface area contributed by atoms with E-state index in [9.17, 15) is 0 Å². The van der Waals surface area contributed by atoms with Crippen LogP contribution in [0.15, 0.2) is 12.1 Å². The average molecular weight is 219 g/mol. The van der Waals surface area contributed by atoms with Crippen LogP contribution in [0.2, 0.25) is 0 Å². The molecule has 1 aromatic rings. The molecule has 1 heterocycles. The van der Waals surface area contributed by atoms with Crippen LogP contribution in [0.1, 0.15) is 17.5 Å². The first-order valence-electron chi connectivity index (χ1n) is 5.94. The van der Waals surface area contributed by atoms with Crippen molar-refractivity contribution >= 4 is 0 Å². The lowest BCUT2D eigenvalue weighted by Gasteiger charge is -2.29. The Morgan fingerprint density at radius 2 is 2.12 bits per heavy atom. The molecule has 1 aromatic carbocycles. The van der Waals surface area contributed by atoms with Gasteiger partial charge in [0.15, 0.2) is 11.5 Å². The molecule has 3 heteroatoms. The molecule has 0 spiro atoms. The van der Waals surface area contributed by atoms with Crippen LogP contribution in [0.25, 0.3) is 0 Å². The summed E-state index contributed by atoms with van der Waals surface area (Å²) in [5.74, 6) is 1.87. The Bertz CT molecular complexity index is 399. The van der Waals surface area contributed by atoms with Gasteiger partial charge in [-0.1, -0.05) is 6.07 Å². The molecule has 1 aliphatic heterocycles. The third kappa shape index (κ3) is 1.55. The molecule has 0 bridgehead atoms. The van der Waals surface area contributed by atoms with E-state index in [-0.39, 0.29) is 0 Å². The first-order valence-corrected chi connectivity index (χ1v) is 5.94. The van der Waals surface area contributed by atoms with Crippen LogP contribution in [-0.4, -0.2) is 26.3 Å². The number of fused-ring (bicyclic) bond motifs is 1. The fourth-order valence-electron chi connectivity index (χ4n) is 2.41. The number of hydrogen-bond donors (Lipinski definition) is 1. The Kier molecular flexibility index (Phi) is 2.48. The van der Waals surface area contributed by atoms with E-state index in [1.165, 1.54) is 24.0 Å². The van der Waals surface area contributed by atoms with Gasteiger partial charge in [-0.25, -0.2) is 0 Å². The number of ether oxygens (including phenoxy) is 2. The van der Waals surface area contributed by atoms with Crippen molar-refractivity contribution in [2.24, 2.45) is 0 Å². The Morgan fingerprint density at radius 3 is 2.81 bits per heavy atom. The zero-order valence-corrected chi connectivity index (χ0v) is 9.58. The van der Waals surface area contributed by atoms with Gasteiger partial charge in [-0.15, -0.1) is 0 Å². The summed E-state index contributed by atoms with van der Waals surface area (Å²) in [6, 6.07) is 4.21. The van der Waals surface area contributed by atoms with Crippen LogP contribution in [-0.2, 0) is 12.8 Å². The van der Waals surface area contributed by atoms with E-state index in [1.807, 2.05) is 6.07 Å². The third-order valence-corrected chi connectivity index (χ3v) is 3.44. The van der Waals surface area contributed by atoms with Crippen molar-refractivity contribution in [2.75, 3.05) is 20.2 Å². The Hall–Kier alpha value is -1.22. The van der Waals surface area contributed by atoms with Gasteiger partial charge < -0.3 is 14.8 Å². The van der Waals surface area contributed by atoms with Gasteiger partial charge in [-0.05, 0) is 30.9 Å². The lowest BCUT2D eigenvalue weighted by Crippen LogP contribution is -2.50. The molecule has 16 heavy (non-hydrogen) atoms. The van der Waals surface area contributed by atoms with Crippen LogP contribution in [0.5, 0.6) is 11.5 Å². The minimum absolute atomic E-state index is 0.320. The van der Waals surface area contributed by atoms with Gasteiger partial charge in [0.25, 0.3) is 0 Å². The van der Waals surface area contributed by atoms with Gasteiger partial charge in [0.05, 0.1) is 7.11 Å². The van der Waals surface area contributed by atoms with E-state index in [1.54, 1.807) is 7.11 Å². The minimum atomic E-state index is 0.320. The van der Waals surface area contributed by atoms with Gasteiger partial charge in [0.1, 0.15) is 6.10 Å². The number of aryl methyl sites for hydroxylation is 1. The molecule has 3 nitrogen and oxygen atoms in total. The van der Waals surface area contributed by atoms with Gasteiger partial charge in [-0.2, -0.15) is 0 Å². The van der Waals surface area contributed by atoms with Crippen molar-refractivity contribution in [1.82, 2.24) is 5.32 Å². The summed E-state index contributed by atoms with van der Waals surface area (Å²) < 4.78 is 11.4. The summed E-state index contributed by atoms with van der Waals surface area (Å²) in [5, 5.41) is 3.22. The summed E-state index contributed by atoms with van der Waals surface area (Å²) in [6.07, 6.45) is 3.86. The standard InChI is InChI=1S/C13H17NO2/c1-15-12-6-5-9-3-2-4-11(9)13(12)16-10-7-14-8-10/h5-6,10,14H,2-4,7-8H2,1H3. The first-order chi connectivity index (χ1) is 7.88. The molecule has 0 amide bonds. The Morgan fingerprint density at radius 1 is 1.25 bits per heavy atom. The maximum atomic E-state index is 6.03. The van der Waals surface area contributed by atoms with Gasteiger partial charge in [0, 0.05) is 18.7 Å². The van der Waals surface area contributed by atoms with E-state index in [2.05, 4.69) is 11.4 Å². The molecule has 0 aromatic heterocycles. The highest BCUT2D eigenvalue weighted by Gasteiger charge is 2.25. The van der Waals surface area contributed by atoms with Crippen LogP contribution >= 0.6 is 0 Å². The van der Waals surface area contributed by atoms with Crippen molar-refractivity contribution < 1.29 is 9.47 Å². The number of benzene rings is 1. The number of methoxy groups -OCH3 is 1. The van der Waals surface area contributed by atoms with Crippen LogP contribution < -0.4 is 14.8 Å². The highest BCUT2D eigenvalue weighted by Crippen LogP contribution is 2.39. The minimum Gasteiger partial charge on any atom is -0.493 e. The number of rotatable bonds is 3. The maximum absolute atomic E-state index is 6.03. The van der Waals surface area contributed by atoms with E-state index in [0.29, 0.717) is 6.10 Å². The van der Waals surface area contributed by atoms with E-state index in [4.69, 9.17) is 9.47 Å². The molecule has 2 aliphatic rings. The average Bonchev–Trinajstić information content (AvgIpc) is 2.71. The zero-order valence-electron chi connectivity index (χ0n) is 9.58. The molecule has 0 unspecified atom stereocenters. The fourth-order valence-corrected chi connectivity index (χ4v) is 2.41. The van der Waals surface area contributed by atoms with Gasteiger partial charge in [0.2, 0.25) is 0 Å². The third-order valence-electron chi connectivity index (χ3n) is 3.44. The lowest BCUT2D eigenvalue weighted by molar-refractivity contribution is 0.136. The quantitative estimate of drug-likeness (QED) is 0.836. The van der Waals surface area contributed by atoms with Crippen molar-refractivity contribution in [3.05, 3.63) is 23.3 Å². The lowest BCUT2D eigenvalue weighted by atomic mass is 10.1. The molecule has 1 fully saturated rings. The second-order valence-corrected chi connectivity index (χ2v) is 4.49.